The van der Waals surface area contributed by atoms with Gasteiger partial charge >= 0.3 is 0 Å². The SMILES string of the molecule is CCC(NC1CCCCCCCCCCC1)c1ncc[nH]1. The Hall–Kier alpha value is -0.830. The van der Waals surface area contributed by atoms with E-state index < -0.39 is 0 Å². The molecule has 0 radical (unpaired) electrons. The van der Waals surface area contributed by atoms with Crippen LogP contribution in [0, 0.1) is 0 Å². The van der Waals surface area contributed by atoms with Gasteiger partial charge in [-0.3, -0.25) is 0 Å². The zero-order valence-corrected chi connectivity index (χ0v) is 13.7. The van der Waals surface area contributed by atoms with Crippen LogP contribution in [0.2, 0.25) is 0 Å². The molecule has 0 bridgehead atoms. The zero-order valence-electron chi connectivity index (χ0n) is 13.7. The summed E-state index contributed by atoms with van der Waals surface area (Å²) in [6.45, 7) is 2.25. The summed E-state index contributed by atoms with van der Waals surface area (Å²) in [6.07, 6.45) is 20.4. The molecule has 1 aliphatic carbocycles. The molecule has 0 aliphatic heterocycles. The number of hydrogen-bond donors (Lipinski definition) is 2. The van der Waals surface area contributed by atoms with Crippen molar-refractivity contribution in [2.24, 2.45) is 0 Å². The van der Waals surface area contributed by atoms with E-state index in [0.717, 1.165) is 12.2 Å². The van der Waals surface area contributed by atoms with Gasteiger partial charge in [-0.25, -0.2) is 4.98 Å². The third-order valence-electron chi connectivity index (χ3n) is 4.80. The van der Waals surface area contributed by atoms with Gasteiger partial charge in [-0.2, -0.15) is 0 Å². The van der Waals surface area contributed by atoms with E-state index in [2.05, 4.69) is 22.2 Å². The normalized spacial score (nSPS) is 21.4. The van der Waals surface area contributed by atoms with Gasteiger partial charge in [-0.05, 0) is 19.3 Å². The van der Waals surface area contributed by atoms with Crippen molar-refractivity contribution in [3.05, 3.63) is 18.2 Å². The summed E-state index contributed by atoms with van der Waals surface area (Å²) in [5, 5.41) is 3.87. The first-order valence-electron chi connectivity index (χ1n) is 9.15. The van der Waals surface area contributed by atoms with Crippen LogP contribution in [-0.4, -0.2) is 16.0 Å². The lowest BCUT2D eigenvalue weighted by molar-refractivity contribution is 0.353. The fourth-order valence-electron chi connectivity index (χ4n) is 3.47. The highest BCUT2D eigenvalue weighted by Gasteiger charge is 2.17. The van der Waals surface area contributed by atoms with Crippen LogP contribution >= 0.6 is 0 Å². The minimum Gasteiger partial charge on any atom is -0.347 e. The van der Waals surface area contributed by atoms with E-state index in [1.54, 1.807) is 0 Å². The average molecular weight is 291 g/mol. The Morgan fingerprint density at radius 3 is 2.10 bits per heavy atom. The van der Waals surface area contributed by atoms with Crippen molar-refractivity contribution in [2.45, 2.75) is 96.1 Å². The summed E-state index contributed by atoms with van der Waals surface area (Å²) in [5.41, 5.74) is 0. The molecule has 1 aromatic rings. The van der Waals surface area contributed by atoms with Gasteiger partial charge in [0.15, 0.2) is 0 Å². The number of H-pyrrole nitrogens is 1. The van der Waals surface area contributed by atoms with E-state index >= 15 is 0 Å². The van der Waals surface area contributed by atoms with Gasteiger partial charge in [-0.15, -0.1) is 0 Å². The molecule has 21 heavy (non-hydrogen) atoms. The second kappa shape index (κ2) is 9.99. The molecule has 1 unspecified atom stereocenters. The van der Waals surface area contributed by atoms with Crippen molar-refractivity contribution in [1.82, 2.24) is 15.3 Å². The van der Waals surface area contributed by atoms with Crippen molar-refractivity contribution >= 4 is 0 Å². The third kappa shape index (κ3) is 6.21. The highest BCUT2D eigenvalue weighted by molar-refractivity contribution is 4.96. The Bertz CT molecular complexity index is 335. The van der Waals surface area contributed by atoms with Crippen LogP contribution in [0.1, 0.15) is 95.8 Å². The van der Waals surface area contributed by atoms with Gasteiger partial charge in [0.1, 0.15) is 5.82 Å². The summed E-state index contributed by atoms with van der Waals surface area (Å²) in [6, 6.07) is 1.05. The lowest BCUT2D eigenvalue weighted by Gasteiger charge is -2.24. The number of aromatic nitrogens is 2. The van der Waals surface area contributed by atoms with E-state index in [-0.39, 0.29) is 0 Å². The first-order chi connectivity index (χ1) is 10.4. The zero-order chi connectivity index (χ0) is 14.8. The molecule has 3 nitrogen and oxygen atoms in total. The number of rotatable bonds is 4. The number of hydrogen-bond acceptors (Lipinski definition) is 2. The van der Waals surface area contributed by atoms with Crippen molar-refractivity contribution in [3.8, 4) is 0 Å². The topological polar surface area (TPSA) is 40.7 Å². The molecule has 1 heterocycles. The highest BCUT2D eigenvalue weighted by atomic mass is 15.0. The molecule has 1 saturated carbocycles. The molecule has 2 rings (SSSR count). The molecule has 0 spiro atoms. The van der Waals surface area contributed by atoms with E-state index in [9.17, 15) is 0 Å². The molecule has 1 atom stereocenters. The van der Waals surface area contributed by atoms with Crippen LogP contribution < -0.4 is 5.32 Å². The second-order valence-corrected chi connectivity index (χ2v) is 6.56. The van der Waals surface area contributed by atoms with Crippen LogP contribution in [0.3, 0.4) is 0 Å². The van der Waals surface area contributed by atoms with Crippen LogP contribution in [0.25, 0.3) is 0 Å². The Labute approximate surface area is 130 Å². The van der Waals surface area contributed by atoms with E-state index in [1.165, 1.54) is 70.6 Å². The predicted molar refractivity (Wildman–Crippen MR) is 89.3 cm³/mol. The maximum absolute atomic E-state index is 4.44. The smallest absolute Gasteiger partial charge is 0.123 e. The molecule has 0 amide bonds. The van der Waals surface area contributed by atoms with Crippen molar-refractivity contribution < 1.29 is 0 Å². The number of imidazole rings is 1. The summed E-state index contributed by atoms with van der Waals surface area (Å²) >= 11 is 0. The Morgan fingerprint density at radius 1 is 1.05 bits per heavy atom. The van der Waals surface area contributed by atoms with Crippen molar-refractivity contribution in [1.29, 1.82) is 0 Å². The van der Waals surface area contributed by atoms with E-state index in [0.29, 0.717) is 12.1 Å². The molecule has 1 aliphatic rings. The maximum Gasteiger partial charge on any atom is 0.123 e. The van der Waals surface area contributed by atoms with Gasteiger partial charge in [0.05, 0.1) is 6.04 Å². The average Bonchev–Trinajstić information content (AvgIpc) is 3.01. The van der Waals surface area contributed by atoms with Gasteiger partial charge < -0.3 is 10.3 Å². The molecule has 2 N–H and O–H groups in total. The Balaban J connectivity index is 1.84. The fourth-order valence-corrected chi connectivity index (χ4v) is 3.47. The maximum atomic E-state index is 4.44. The lowest BCUT2D eigenvalue weighted by atomic mass is 9.97. The summed E-state index contributed by atoms with van der Waals surface area (Å²) in [5.74, 6) is 1.10. The molecule has 1 aromatic heterocycles. The number of aromatic amines is 1. The van der Waals surface area contributed by atoms with Crippen molar-refractivity contribution in [3.63, 3.8) is 0 Å². The molecule has 120 valence electrons. The summed E-state index contributed by atoms with van der Waals surface area (Å²) in [7, 11) is 0. The van der Waals surface area contributed by atoms with Gasteiger partial charge in [0.25, 0.3) is 0 Å². The van der Waals surface area contributed by atoms with Crippen LogP contribution in [0.4, 0.5) is 0 Å². The monoisotopic (exact) mass is 291 g/mol. The van der Waals surface area contributed by atoms with Gasteiger partial charge in [0.2, 0.25) is 0 Å². The third-order valence-corrected chi connectivity index (χ3v) is 4.80. The van der Waals surface area contributed by atoms with Crippen LogP contribution in [0.5, 0.6) is 0 Å². The summed E-state index contributed by atoms with van der Waals surface area (Å²) < 4.78 is 0. The fraction of sp³-hybridized carbons (Fsp3) is 0.833. The Morgan fingerprint density at radius 2 is 1.62 bits per heavy atom. The minimum absolute atomic E-state index is 0.387. The molecular formula is C18H33N3. The Kier molecular flexibility index (Phi) is 7.87. The first-order valence-corrected chi connectivity index (χ1v) is 9.15. The van der Waals surface area contributed by atoms with Crippen LogP contribution in [-0.2, 0) is 0 Å². The molecule has 1 fully saturated rings. The second-order valence-electron chi connectivity index (χ2n) is 6.56. The standard InChI is InChI=1S/C18H33N3/c1-2-17(18-19-14-15-20-18)21-16-12-10-8-6-4-3-5-7-9-11-13-16/h14-17,21H,2-13H2,1H3,(H,19,20). The molecule has 0 aromatic carbocycles. The summed E-state index contributed by atoms with van der Waals surface area (Å²) in [4.78, 5) is 7.71. The molecular weight excluding hydrogens is 258 g/mol. The van der Waals surface area contributed by atoms with Crippen molar-refractivity contribution in [2.75, 3.05) is 0 Å². The van der Waals surface area contributed by atoms with E-state index in [4.69, 9.17) is 0 Å². The molecule has 0 saturated heterocycles. The van der Waals surface area contributed by atoms with E-state index in [1.807, 2.05) is 12.4 Å². The highest BCUT2D eigenvalue weighted by Crippen LogP contribution is 2.20. The first kappa shape index (κ1) is 16.5. The van der Waals surface area contributed by atoms with Gasteiger partial charge in [-0.1, -0.05) is 64.7 Å². The van der Waals surface area contributed by atoms with Crippen LogP contribution in [0.15, 0.2) is 12.4 Å². The number of nitrogens with one attached hydrogen (secondary N) is 2. The minimum atomic E-state index is 0.387. The quantitative estimate of drug-likeness (QED) is 0.808. The lowest BCUT2D eigenvalue weighted by Crippen LogP contribution is -2.33. The largest absolute Gasteiger partial charge is 0.347 e. The number of nitrogens with zero attached hydrogens (tertiary/aromatic N) is 1. The van der Waals surface area contributed by atoms with Gasteiger partial charge in [0, 0.05) is 18.4 Å². The predicted octanol–water partition coefficient (Wildman–Crippen LogP) is 5.12. The molecule has 3 heteroatoms.